The van der Waals surface area contributed by atoms with Gasteiger partial charge in [-0.25, -0.2) is 0 Å². The van der Waals surface area contributed by atoms with Crippen LogP contribution >= 0.6 is 11.6 Å². The summed E-state index contributed by atoms with van der Waals surface area (Å²) in [6.07, 6.45) is -0.287. The van der Waals surface area contributed by atoms with Crippen LogP contribution in [-0.2, 0) is 0 Å². The van der Waals surface area contributed by atoms with Crippen LogP contribution in [0.15, 0.2) is 48.5 Å². The lowest BCUT2D eigenvalue weighted by Gasteiger charge is -2.24. The third kappa shape index (κ3) is 4.13. The molecular formula is C17H20ClNO2. The molecule has 0 radical (unpaired) electrons. The fourth-order valence-corrected chi connectivity index (χ4v) is 2.32. The van der Waals surface area contributed by atoms with E-state index in [4.69, 9.17) is 26.8 Å². The number of hydrogen-bond donors (Lipinski definition) is 1. The Morgan fingerprint density at radius 3 is 2.43 bits per heavy atom. The molecule has 2 unspecified atom stereocenters. The van der Waals surface area contributed by atoms with Crippen LogP contribution in [0.2, 0.25) is 5.02 Å². The smallest absolute Gasteiger partial charge is 0.162 e. The van der Waals surface area contributed by atoms with Gasteiger partial charge >= 0.3 is 0 Å². The summed E-state index contributed by atoms with van der Waals surface area (Å²) in [6, 6.07) is 15.0. The number of para-hydroxylation sites is 2. The van der Waals surface area contributed by atoms with Gasteiger partial charge in [0.05, 0.1) is 6.61 Å². The zero-order valence-corrected chi connectivity index (χ0v) is 13.0. The first-order valence-electron chi connectivity index (χ1n) is 7.01. The van der Waals surface area contributed by atoms with Gasteiger partial charge in [-0.3, -0.25) is 0 Å². The van der Waals surface area contributed by atoms with Crippen molar-refractivity contribution in [3.8, 4) is 11.5 Å². The summed E-state index contributed by atoms with van der Waals surface area (Å²) in [5.41, 5.74) is 7.03. The predicted octanol–water partition coefficient (Wildman–Crippen LogP) is 4.21. The number of nitrogens with two attached hydrogens (primary N) is 1. The summed E-state index contributed by atoms with van der Waals surface area (Å²) < 4.78 is 11.7. The minimum Gasteiger partial charge on any atom is -0.490 e. The molecule has 21 heavy (non-hydrogen) atoms. The quantitative estimate of drug-likeness (QED) is 0.869. The van der Waals surface area contributed by atoms with Crippen LogP contribution in [0, 0.1) is 0 Å². The van der Waals surface area contributed by atoms with E-state index in [-0.39, 0.29) is 12.1 Å². The highest BCUT2D eigenvalue weighted by Gasteiger charge is 2.20. The first-order valence-corrected chi connectivity index (χ1v) is 7.39. The van der Waals surface area contributed by atoms with Gasteiger partial charge < -0.3 is 15.2 Å². The van der Waals surface area contributed by atoms with Gasteiger partial charge in [-0.1, -0.05) is 35.9 Å². The average molecular weight is 306 g/mol. The standard InChI is InChI=1S/C17H20ClNO2/c1-3-20-15-9-4-5-10-16(15)21-17(12(2)19)13-7-6-8-14(18)11-13/h4-12,17H,3,19H2,1-2H3. The Morgan fingerprint density at radius 1 is 1.10 bits per heavy atom. The molecule has 0 fully saturated rings. The number of hydrogen-bond acceptors (Lipinski definition) is 3. The Labute approximate surface area is 130 Å². The highest BCUT2D eigenvalue weighted by molar-refractivity contribution is 6.30. The van der Waals surface area contributed by atoms with E-state index in [0.717, 1.165) is 5.56 Å². The number of ether oxygens (including phenoxy) is 2. The maximum atomic E-state index is 6.09. The third-order valence-corrected chi connectivity index (χ3v) is 3.29. The molecule has 0 saturated heterocycles. The second kappa shape index (κ2) is 7.34. The first-order chi connectivity index (χ1) is 10.1. The number of rotatable bonds is 6. The van der Waals surface area contributed by atoms with Crippen molar-refractivity contribution < 1.29 is 9.47 Å². The van der Waals surface area contributed by atoms with E-state index >= 15 is 0 Å². The molecule has 3 nitrogen and oxygen atoms in total. The van der Waals surface area contributed by atoms with Gasteiger partial charge in [-0.2, -0.15) is 0 Å². The molecule has 2 N–H and O–H groups in total. The average Bonchev–Trinajstić information content (AvgIpc) is 2.46. The molecule has 0 aliphatic carbocycles. The largest absolute Gasteiger partial charge is 0.490 e. The maximum absolute atomic E-state index is 6.09. The monoisotopic (exact) mass is 305 g/mol. The van der Waals surface area contributed by atoms with Gasteiger partial charge in [0, 0.05) is 11.1 Å². The summed E-state index contributed by atoms with van der Waals surface area (Å²) in [6.45, 7) is 4.44. The molecule has 0 amide bonds. The predicted molar refractivity (Wildman–Crippen MR) is 86.1 cm³/mol. The van der Waals surface area contributed by atoms with Crippen molar-refractivity contribution in [1.29, 1.82) is 0 Å². The van der Waals surface area contributed by atoms with Crippen LogP contribution in [-0.4, -0.2) is 12.6 Å². The fourth-order valence-electron chi connectivity index (χ4n) is 2.12. The lowest BCUT2D eigenvalue weighted by molar-refractivity contribution is 0.170. The SMILES string of the molecule is CCOc1ccccc1OC(c1cccc(Cl)c1)C(C)N. The van der Waals surface area contributed by atoms with Gasteiger partial charge in [0.2, 0.25) is 0 Å². The van der Waals surface area contributed by atoms with E-state index in [2.05, 4.69) is 0 Å². The molecule has 2 rings (SSSR count). The van der Waals surface area contributed by atoms with Crippen molar-refractivity contribution >= 4 is 11.6 Å². The van der Waals surface area contributed by atoms with Crippen molar-refractivity contribution in [3.05, 3.63) is 59.1 Å². The Balaban J connectivity index is 2.29. The van der Waals surface area contributed by atoms with Gasteiger partial charge in [0.1, 0.15) is 6.10 Å². The molecule has 4 heteroatoms. The molecule has 0 spiro atoms. The van der Waals surface area contributed by atoms with E-state index in [1.807, 2.05) is 62.4 Å². The van der Waals surface area contributed by atoms with Crippen molar-refractivity contribution in [2.24, 2.45) is 5.73 Å². The molecular weight excluding hydrogens is 286 g/mol. The molecule has 0 aliphatic heterocycles. The highest BCUT2D eigenvalue weighted by atomic mass is 35.5. The molecule has 0 aliphatic rings. The van der Waals surface area contributed by atoms with E-state index in [1.54, 1.807) is 0 Å². The minimum absolute atomic E-state index is 0.182. The summed E-state index contributed by atoms with van der Waals surface area (Å²) in [7, 11) is 0. The molecule has 2 atom stereocenters. The molecule has 2 aromatic carbocycles. The second-order valence-electron chi connectivity index (χ2n) is 4.83. The molecule has 0 bridgehead atoms. The summed E-state index contributed by atoms with van der Waals surface area (Å²) in [4.78, 5) is 0. The van der Waals surface area contributed by atoms with Crippen LogP contribution in [0.1, 0.15) is 25.5 Å². The van der Waals surface area contributed by atoms with E-state index in [0.29, 0.717) is 23.1 Å². The molecule has 112 valence electrons. The topological polar surface area (TPSA) is 44.5 Å². The van der Waals surface area contributed by atoms with Gasteiger partial charge in [0.25, 0.3) is 0 Å². The van der Waals surface area contributed by atoms with Crippen LogP contribution in [0.3, 0.4) is 0 Å². The number of halogens is 1. The molecule has 0 heterocycles. The maximum Gasteiger partial charge on any atom is 0.162 e. The summed E-state index contributed by atoms with van der Waals surface area (Å²) in [5, 5.41) is 0.667. The van der Waals surface area contributed by atoms with Gasteiger partial charge in [-0.15, -0.1) is 0 Å². The zero-order chi connectivity index (χ0) is 15.2. The molecule has 0 saturated carbocycles. The lowest BCUT2D eigenvalue weighted by atomic mass is 10.0. The van der Waals surface area contributed by atoms with Crippen LogP contribution < -0.4 is 15.2 Å². The van der Waals surface area contributed by atoms with Crippen LogP contribution in [0.5, 0.6) is 11.5 Å². The van der Waals surface area contributed by atoms with Gasteiger partial charge in [-0.05, 0) is 43.7 Å². The summed E-state index contributed by atoms with van der Waals surface area (Å²) in [5.74, 6) is 1.40. The zero-order valence-electron chi connectivity index (χ0n) is 12.3. The Bertz CT molecular complexity index is 587. The fraction of sp³-hybridized carbons (Fsp3) is 0.294. The van der Waals surface area contributed by atoms with E-state index in [9.17, 15) is 0 Å². The third-order valence-electron chi connectivity index (χ3n) is 3.06. The van der Waals surface area contributed by atoms with E-state index in [1.165, 1.54) is 0 Å². The van der Waals surface area contributed by atoms with Gasteiger partial charge in [0.15, 0.2) is 11.5 Å². The Kier molecular flexibility index (Phi) is 5.48. The lowest BCUT2D eigenvalue weighted by Crippen LogP contribution is -2.29. The van der Waals surface area contributed by atoms with Crippen molar-refractivity contribution in [3.63, 3.8) is 0 Å². The number of benzene rings is 2. The second-order valence-corrected chi connectivity index (χ2v) is 5.27. The van der Waals surface area contributed by atoms with Crippen LogP contribution in [0.4, 0.5) is 0 Å². The van der Waals surface area contributed by atoms with Crippen molar-refractivity contribution in [2.45, 2.75) is 26.0 Å². The Morgan fingerprint density at radius 2 is 1.81 bits per heavy atom. The van der Waals surface area contributed by atoms with Crippen molar-refractivity contribution in [2.75, 3.05) is 6.61 Å². The molecule has 2 aromatic rings. The molecule has 0 aromatic heterocycles. The van der Waals surface area contributed by atoms with Crippen LogP contribution in [0.25, 0.3) is 0 Å². The highest BCUT2D eigenvalue weighted by Crippen LogP contribution is 2.32. The normalized spacial score (nSPS) is 13.5. The first kappa shape index (κ1) is 15.7. The van der Waals surface area contributed by atoms with Crippen molar-refractivity contribution in [1.82, 2.24) is 0 Å². The summed E-state index contributed by atoms with van der Waals surface area (Å²) >= 11 is 6.06. The van der Waals surface area contributed by atoms with E-state index < -0.39 is 0 Å². The minimum atomic E-state index is -0.287. The Hall–Kier alpha value is -1.71.